The number of carbonyl (C=O) groups excluding carboxylic acids is 1. The fourth-order valence-corrected chi connectivity index (χ4v) is 1.34. The summed E-state index contributed by atoms with van der Waals surface area (Å²) in [5, 5.41) is 0. The molecule has 0 spiro atoms. The van der Waals surface area contributed by atoms with E-state index < -0.39 is 5.97 Å². The van der Waals surface area contributed by atoms with Gasteiger partial charge in [0.05, 0.1) is 6.10 Å². The first-order chi connectivity index (χ1) is 7.56. The van der Waals surface area contributed by atoms with Gasteiger partial charge >= 0.3 is 5.97 Å². The van der Waals surface area contributed by atoms with Gasteiger partial charge in [-0.25, -0.2) is 14.2 Å². The summed E-state index contributed by atoms with van der Waals surface area (Å²) >= 11 is 0. The van der Waals surface area contributed by atoms with E-state index in [0.29, 0.717) is 5.65 Å². The zero-order valence-corrected chi connectivity index (χ0v) is 8.98. The summed E-state index contributed by atoms with van der Waals surface area (Å²) in [5.41, 5.74) is 0.691. The maximum Gasteiger partial charge on any atom is 0.358 e. The molecule has 0 aromatic carbocycles. The summed E-state index contributed by atoms with van der Waals surface area (Å²) in [6.07, 6.45) is 2.51. The number of ether oxygens (including phenoxy) is 1. The molecule has 0 radical (unpaired) electrons. The maximum absolute atomic E-state index is 12.9. The molecule has 2 aromatic heterocycles. The molecule has 0 unspecified atom stereocenters. The third kappa shape index (κ3) is 2.03. The van der Waals surface area contributed by atoms with E-state index in [-0.39, 0.29) is 17.6 Å². The van der Waals surface area contributed by atoms with E-state index in [1.165, 1.54) is 28.9 Å². The number of esters is 1. The van der Waals surface area contributed by atoms with E-state index in [0.717, 1.165) is 0 Å². The Labute approximate surface area is 91.7 Å². The molecule has 2 rings (SSSR count). The van der Waals surface area contributed by atoms with Crippen LogP contribution in [0.4, 0.5) is 4.39 Å². The second-order valence-corrected chi connectivity index (χ2v) is 3.69. The molecule has 0 aliphatic rings. The van der Waals surface area contributed by atoms with Gasteiger partial charge in [0.15, 0.2) is 5.69 Å². The molecule has 5 heteroatoms. The van der Waals surface area contributed by atoms with E-state index in [2.05, 4.69) is 4.98 Å². The van der Waals surface area contributed by atoms with E-state index in [1.807, 2.05) is 0 Å². The third-order valence-corrected chi connectivity index (χ3v) is 1.97. The first-order valence-corrected chi connectivity index (χ1v) is 4.91. The van der Waals surface area contributed by atoms with Gasteiger partial charge in [-0.05, 0) is 26.0 Å². The lowest BCUT2D eigenvalue weighted by molar-refractivity contribution is 0.0371. The minimum Gasteiger partial charge on any atom is -0.458 e. The molecule has 84 valence electrons. The van der Waals surface area contributed by atoms with Crippen molar-refractivity contribution in [2.24, 2.45) is 0 Å². The van der Waals surface area contributed by atoms with Crippen molar-refractivity contribution in [3.63, 3.8) is 0 Å². The molecule has 0 amide bonds. The fourth-order valence-electron chi connectivity index (χ4n) is 1.34. The second kappa shape index (κ2) is 3.92. The van der Waals surface area contributed by atoms with Crippen LogP contribution in [0.15, 0.2) is 24.5 Å². The number of fused-ring (bicyclic) bond motifs is 1. The van der Waals surface area contributed by atoms with E-state index in [9.17, 15) is 9.18 Å². The van der Waals surface area contributed by atoms with Crippen LogP contribution in [0.3, 0.4) is 0 Å². The SMILES string of the molecule is CC(C)OC(=O)c1cn2cc(F)ccc2n1. The average molecular weight is 222 g/mol. The van der Waals surface area contributed by atoms with Gasteiger partial charge in [-0.2, -0.15) is 0 Å². The Kier molecular flexibility index (Phi) is 2.60. The Balaban J connectivity index is 2.36. The summed E-state index contributed by atoms with van der Waals surface area (Å²) in [6, 6.07) is 2.79. The van der Waals surface area contributed by atoms with E-state index >= 15 is 0 Å². The molecule has 0 saturated heterocycles. The Morgan fingerprint density at radius 2 is 2.19 bits per heavy atom. The molecule has 0 fully saturated rings. The normalized spacial score (nSPS) is 11.0. The lowest BCUT2D eigenvalue weighted by Crippen LogP contribution is -2.11. The van der Waals surface area contributed by atoms with Crippen LogP contribution in [-0.2, 0) is 4.74 Å². The number of nitrogens with zero attached hydrogens (tertiary/aromatic N) is 2. The van der Waals surface area contributed by atoms with Gasteiger partial charge < -0.3 is 9.14 Å². The van der Waals surface area contributed by atoms with Crippen LogP contribution in [0.1, 0.15) is 24.3 Å². The zero-order valence-electron chi connectivity index (χ0n) is 8.98. The van der Waals surface area contributed by atoms with Gasteiger partial charge in [0.1, 0.15) is 11.5 Å². The molecule has 0 aliphatic heterocycles. The van der Waals surface area contributed by atoms with E-state index in [1.54, 1.807) is 13.8 Å². The monoisotopic (exact) mass is 222 g/mol. The predicted octanol–water partition coefficient (Wildman–Crippen LogP) is 2.04. The van der Waals surface area contributed by atoms with E-state index in [4.69, 9.17) is 4.74 Å². The number of rotatable bonds is 2. The molecule has 2 aromatic rings. The average Bonchev–Trinajstić information content (AvgIpc) is 2.59. The summed E-state index contributed by atoms with van der Waals surface area (Å²) in [6.45, 7) is 3.51. The highest BCUT2D eigenvalue weighted by Crippen LogP contribution is 2.08. The molecule has 0 aliphatic carbocycles. The van der Waals surface area contributed by atoms with Gasteiger partial charge in [0, 0.05) is 12.4 Å². The van der Waals surface area contributed by atoms with Crippen LogP contribution >= 0.6 is 0 Å². The molecule has 16 heavy (non-hydrogen) atoms. The van der Waals surface area contributed by atoms with Crippen molar-refractivity contribution in [2.45, 2.75) is 20.0 Å². The van der Waals surface area contributed by atoms with Crippen LogP contribution in [0.25, 0.3) is 5.65 Å². The van der Waals surface area contributed by atoms with Crippen LogP contribution in [-0.4, -0.2) is 21.5 Å². The predicted molar refractivity (Wildman–Crippen MR) is 55.7 cm³/mol. The second-order valence-electron chi connectivity index (χ2n) is 3.69. The van der Waals surface area contributed by atoms with Crippen molar-refractivity contribution >= 4 is 11.6 Å². The lowest BCUT2D eigenvalue weighted by Gasteiger charge is -2.04. The topological polar surface area (TPSA) is 43.6 Å². The molecule has 0 bridgehead atoms. The number of carbonyl (C=O) groups is 1. The Morgan fingerprint density at radius 1 is 1.44 bits per heavy atom. The van der Waals surface area contributed by atoms with Gasteiger partial charge in [-0.15, -0.1) is 0 Å². The smallest absolute Gasteiger partial charge is 0.358 e. The minimum atomic E-state index is -0.501. The quantitative estimate of drug-likeness (QED) is 0.730. The zero-order chi connectivity index (χ0) is 11.7. The molecule has 0 atom stereocenters. The fraction of sp³-hybridized carbons (Fsp3) is 0.273. The van der Waals surface area contributed by atoms with Gasteiger partial charge in [-0.3, -0.25) is 0 Å². The molecule has 0 N–H and O–H groups in total. The molecule has 4 nitrogen and oxygen atoms in total. The molecular weight excluding hydrogens is 211 g/mol. The summed E-state index contributed by atoms with van der Waals surface area (Å²) in [7, 11) is 0. The van der Waals surface area contributed by atoms with Crippen molar-refractivity contribution in [3.05, 3.63) is 36.0 Å². The van der Waals surface area contributed by atoms with Crippen molar-refractivity contribution < 1.29 is 13.9 Å². The van der Waals surface area contributed by atoms with Crippen LogP contribution in [0, 0.1) is 5.82 Å². The Morgan fingerprint density at radius 3 is 2.88 bits per heavy atom. The van der Waals surface area contributed by atoms with Crippen LogP contribution < -0.4 is 0 Å². The first kappa shape index (κ1) is 10.6. The van der Waals surface area contributed by atoms with Crippen molar-refractivity contribution in [1.29, 1.82) is 0 Å². The molecule has 0 saturated carbocycles. The highest BCUT2D eigenvalue weighted by molar-refractivity contribution is 5.88. The third-order valence-electron chi connectivity index (χ3n) is 1.97. The maximum atomic E-state index is 12.9. The van der Waals surface area contributed by atoms with Crippen LogP contribution in [0.2, 0.25) is 0 Å². The van der Waals surface area contributed by atoms with Crippen molar-refractivity contribution in [3.8, 4) is 0 Å². The Hall–Kier alpha value is -1.91. The van der Waals surface area contributed by atoms with Gasteiger partial charge in [0.25, 0.3) is 0 Å². The molecular formula is C11H11FN2O2. The summed E-state index contributed by atoms with van der Waals surface area (Å²) < 4.78 is 19.3. The first-order valence-electron chi connectivity index (χ1n) is 4.91. The summed E-state index contributed by atoms with van der Waals surface area (Å²) in [5.74, 6) is -0.882. The number of imidazole rings is 1. The van der Waals surface area contributed by atoms with Crippen molar-refractivity contribution in [2.75, 3.05) is 0 Å². The molecule has 2 heterocycles. The standard InChI is InChI=1S/C11H11FN2O2/c1-7(2)16-11(15)9-6-14-5-8(12)3-4-10(14)13-9/h3-7H,1-2H3. The van der Waals surface area contributed by atoms with Gasteiger partial charge in [0.2, 0.25) is 0 Å². The minimum absolute atomic E-state index is 0.180. The largest absolute Gasteiger partial charge is 0.458 e. The number of hydrogen-bond donors (Lipinski definition) is 0. The van der Waals surface area contributed by atoms with Gasteiger partial charge in [-0.1, -0.05) is 0 Å². The number of aromatic nitrogens is 2. The number of pyridine rings is 1. The lowest BCUT2D eigenvalue weighted by atomic mass is 10.4. The number of hydrogen-bond acceptors (Lipinski definition) is 3. The highest BCUT2D eigenvalue weighted by atomic mass is 19.1. The highest BCUT2D eigenvalue weighted by Gasteiger charge is 2.13. The Bertz CT molecular complexity index is 534. The summed E-state index contributed by atoms with van der Waals surface area (Å²) in [4.78, 5) is 15.5. The van der Waals surface area contributed by atoms with Crippen molar-refractivity contribution in [1.82, 2.24) is 9.38 Å². The number of halogens is 1. The van der Waals surface area contributed by atoms with Crippen LogP contribution in [0.5, 0.6) is 0 Å².